The number of benzene rings is 4. The van der Waals surface area contributed by atoms with E-state index in [1.54, 1.807) is 0 Å². The summed E-state index contributed by atoms with van der Waals surface area (Å²) >= 11 is 1.96. The van der Waals surface area contributed by atoms with Crippen LogP contribution >= 0.6 is 11.3 Å². The Morgan fingerprint density at radius 3 is 2.17 bits per heavy atom. The summed E-state index contributed by atoms with van der Waals surface area (Å²) in [5.41, 5.74) is 10.2. The first-order valence-corrected chi connectivity index (χ1v) is 14.0. The van der Waals surface area contributed by atoms with Crippen LogP contribution < -0.4 is 0 Å². The van der Waals surface area contributed by atoms with Crippen molar-refractivity contribution in [1.82, 2.24) is 0 Å². The number of hydrogen-bond donors (Lipinski definition) is 0. The Morgan fingerprint density at radius 1 is 0.694 bits per heavy atom. The molecule has 1 heterocycles. The highest BCUT2D eigenvalue weighted by Crippen LogP contribution is 2.52. The van der Waals surface area contributed by atoms with E-state index in [2.05, 4.69) is 127 Å². The second kappa shape index (κ2) is 7.80. The fourth-order valence-corrected chi connectivity index (χ4v) is 7.75. The van der Waals surface area contributed by atoms with E-state index in [0.717, 1.165) is 6.42 Å². The second-order valence-electron chi connectivity index (χ2n) is 12.9. The lowest BCUT2D eigenvalue weighted by Gasteiger charge is -2.30. The van der Waals surface area contributed by atoms with Crippen LogP contribution in [0.15, 0.2) is 78.9 Å². The van der Waals surface area contributed by atoms with Crippen LogP contribution in [0.4, 0.5) is 0 Å². The fraction of sp³-hybridized carbons (Fsp3) is 0.314. The molecule has 0 saturated carbocycles. The zero-order chi connectivity index (χ0) is 25.5. The Kier molecular flexibility index (Phi) is 5.09. The third-order valence-electron chi connectivity index (χ3n) is 8.25. The van der Waals surface area contributed by atoms with E-state index in [-0.39, 0.29) is 16.2 Å². The topological polar surface area (TPSA) is 0 Å². The maximum absolute atomic E-state index is 2.50. The molecule has 1 aliphatic rings. The van der Waals surface area contributed by atoms with Crippen LogP contribution in [0.2, 0.25) is 0 Å². The van der Waals surface area contributed by atoms with Gasteiger partial charge in [0.15, 0.2) is 0 Å². The molecular weight excluding hydrogens is 452 g/mol. The van der Waals surface area contributed by atoms with Crippen molar-refractivity contribution >= 4 is 31.5 Å². The minimum Gasteiger partial charge on any atom is -0.135 e. The Bertz CT molecular complexity index is 1630. The number of hydrogen-bond acceptors (Lipinski definition) is 1. The first kappa shape index (κ1) is 23.5. The molecule has 0 bridgehead atoms. The van der Waals surface area contributed by atoms with Gasteiger partial charge >= 0.3 is 0 Å². The van der Waals surface area contributed by atoms with Crippen LogP contribution in [0.1, 0.15) is 76.3 Å². The molecule has 0 aliphatic heterocycles. The summed E-state index contributed by atoms with van der Waals surface area (Å²) in [7, 11) is 0. The van der Waals surface area contributed by atoms with Crippen molar-refractivity contribution in [2.45, 2.75) is 71.1 Å². The lowest BCUT2D eigenvalue weighted by molar-refractivity contribution is 0.568. The Balaban J connectivity index is 1.59. The molecule has 1 atom stereocenters. The third-order valence-corrected chi connectivity index (χ3v) is 9.46. The molecule has 5 aromatic rings. The van der Waals surface area contributed by atoms with E-state index in [1.165, 1.54) is 59.1 Å². The molecule has 0 fully saturated rings. The molecule has 0 nitrogen and oxygen atoms in total. The Hall–Kier alpha value is -2.90. The average Bonchev–Trinajstić information content (AvgIpc) is 3.32. The maximum Gasteiger partial charge on any atom is 0.0392 e. The van der Waals surface area contributed by atoms with Crippen LogP contribution in [0.25, 0.3) is 31.3 Å². The largest absolute Gasteiger partial charge is 0.135 e. The van der Waals surface area contributed by atoms with E-state index in [0.29, 0.717) is 0 Å². The maximum atomic E-state index is 2.50. The number of fused-ring (bicyclic) bond motifs is 6. The minimum absolute atomic E-state index is 0.0721. The van der Waals surface area contributed by atoms with Crippen LogP contribution in [0.5, 0.6) is 0 Å². The second-order valence-corrected chi connectivity index (χ2v) is 13.9. The van der Waals surface area contributed by atoms with Gasteiger partial charge in [0.1, 0.15) is 0 Å². The van der Waals surface area contributed by atoms with Crippen molar-refractivity contribution in [3.8, 4) is 11.1 Å². The molecule has 4 aromatic carbocycles. The van der Waals surface area contributed by atoms with E-state index < -0.39 is 0 Å². The monoisotopic (exact) mass is 488 g/mol. The summed E-state index contributed by atoms with van der Waals surface area (Å²) in [5.74, 6) is 0. The smallest absolute Gasteiger partial charge is 0.0392 e. The first-order chi connectivity index (χ1) is 17.0. The van der Waals surface area contributed by atoms with E-state index in [4.69, 9.17) is 0 Å². The number of thiophene rings is 1. The van der Waals surface area contributed by atoms with E-state index >= 15 is 0 Å². The molecule has 1 unspecified atom stereocenters. The van der Waals surface area contributed by atoms with Crippen molar-refractivity contribution in [3.05, 3.63) is 107 Å². The third kappa shape index (κ3) is 3.47. The number of rotatable bonds is 2. The van der Waals surface area contributed by atoms with Gasteiger partial charge in [-0.15, -0.1) is 11.3 Å². The summed E-state index contributed by atoms with van der Waals surface area (Å²) in [6.07, 6.45) is 0.994. The van der Waals surface area contributed by atoms with Crippen molar-refractivity contribution in [2.24, 2.45) is 0 Å². The summed E-state index contributed by atoms with van der Waals surface area (Å²) in [4.78, 5) is 0. The molecule has 1 heteroatoms. The standard InChI is InChI=1S/C35H36S/c1-33(2,3)23-18-19-25-24-13-8-9-15-27(24)35(7,29(25)20-23)21-22-12-10-17-30-31(22)26-14-11-16-28(32(26)36-30)34(4,5)6/h8-20H,21H2,1-7H3. The van der Waals surface area contributed by atoms with Gasteiger partial charge in [-0.2, -0.15) is 0 Å². The lowest BCUT2D eigenvalue weighted by Crippen LogP contribution is -2.25. The van der Waals surface area contributed by atoms with Gasteiger partial charge in [-0.3, -0.25) is 0 Å². The highest BCUT2D eigenvalue weighted by Gasteiger charge is 2.40. The normalized spacial score (nSPS) is 17.5. The van der Waals surface area contributed by atoms with Gasteiger partial charge in [0.2, 0.25) is 0 Å². The molecular formula is C35H36S. The van der Waals surface area contributed by atoms with Crippen LogP contribution in [-0.2, 0) is 22.7 Å². The molecule has 0 saturated heterocycles. The van der Waals surface area contributed by atoms with Gasteiger partial charge in [0, 0.05) is 25.6 Å². The molecule has 0 N–H and O–H groups in total. The van der Waals surface area contributed by atoms with Gasteiger partial charge in [0.05, 0.1) is 0 Å². The Morgan fingerprint density at radius 2 is 1.42 bits per heavy atom. The first-order valence-electron chi connectivity index (χ1n) is 13.2. The average molecular weight is 489 g/mol. The minimum atomic E-state index is -0.0721. The molecule has 1 aliphatic carbocycles. The zero-order valence-electron chi connectivity index (χ0n) is 22.6. The summed E-state index contributed by atoms with van der Waals surface area (Å²) in [6.45, 7) is 16.4. The molecule has 182 valence electrons. The molecule has 0 amide bonds. The Labute approximate surface area is 220 Å². The van der Waals surface area contributed by atoms with Crippen LogP contribution in [-0.4, -0.2) is 0 Å². The van der Waals surface area contributed by atoms with Crippen molar-refractivity contribution in [1.29, 1.82) is 0 Å². The summed E-state index contributed by atoms with van der Waals surface area (Å²) < 4.78 is 2.84. The van der Waals surface area contributed by atoms with Gasteiger partial charge in [-0.25, -0.2) is 0 Å². The van der Waals surface area contributed by atoms with Gasteiger partial charge in [0.25, 0.3) is 0 Å². The van der Waals surface area contributed by atoms with Crippen LogP contribution in [0, 0.1) is 0 Å². The van der Waals surface area contributed by atoms with Gasteiger partial charge in [-0.05, 0) is 62.3 Å². The molecule has 0 spiro atoms. The van der Waals surface area contributed by atoms with Crippen LogP contribution in [0.3, 0.4) is 0 Å². The van der Waals surface area contributed by atoms with Gasteiger partial charge in [-0.1, -0.05) is 121 Å². The predicted octanol–water partition coefficient (Wildman–Crippen LogP) is 10.2. The molecule has 0 radical (unpaired) electrons. The van der Waals surface area contributed by atoms with Crippen molar-refractivity contribution in [2.75, 3.05) is 0 Å². The molecule has 6 rings (SSSR count). The fourth-order valence-electron chi connectivity index (χ4n) is 6.28. The quantitative estimate of drug-likeness (QED) is 0.232. The SMILES string of the molecule is CC(C)(C)c1ccc2c(c1)C(C)(Cc1cccc3sc4c(C(C)(C)C)cccc4c13)c1ccccc1-2. The van der Waals surface area contributed by atoms with Crippen molar-refractivity contribution in [3.63, 3.8) is 0 Å². The summed E-state index contributed by atoms with van der Waals surface area (Å²) in [6, 6.07) is 30.1. The highest BCUT2D eigenvalue weighted by molar-refractivity contribution is 7.26. The zero-order valence-corrected chi connectivity index (χ0v) is 23.4. The van der Waals surface area contributed by atoms with Gasteiger partial charge < -0.3 is 0 Å². The van der Waals surface area contributed by atoms with E-state index in [9.17, 15) is 0 Å². The lowest BCUT2D eigenvalue weighted by atomic mass is 9.73. The van der Waals surface area contributed by atoms with Crippen molar-refractivity contribution < 1.29 is 0 Å². The summed E-state index contributed by atoms with van der Waals surface area (Å²) in [5, 5.41) is 2.86. The predicted molar refractivity (Wildman–Crippen MR) is 159 cm³/mol. The highest BCUT2D eigenvalue weighted by atomic mass is 32.1. The van der Waals surface area contributed by atoms with E-state index in [1.807, 2.05) is 11.3 Å². The molecule has 1 aromatic heterocycles. The molecule has 36 heavy (non-hydrogen) atoms.